The molecule has 3 nitrogen and oxygen atoms in total. The van der Waals surface area contributed by atoms with E-state index in [0.29, 0.717) is 6.61 Å². The van der Waals surface area contributed by atoms with Gasteiger partial charge in [-0.2, -0.15) is 0 Å². The molecule has 0 unspecified atom stereocenters. The molecular formula is C12H12NO2+. The zero-order valence-electron chi connectivity index (χ0n) is 8.21. The first kappa shape index (κ1) is 9.52. The summed E-state index contributed by atoms with van der Waals surface area (Å²) in [5.74, 6) is 0.740. The molecule has 0 aliphatic rings. The van der Waals surface area contributed by atoms with Crippen molar-refractivity contribution < 1.29 is 14.7 Å². The minimum atomic E-state index is 0.538. The summed E-state index contributed by atoms with van der Waals surface area (Å²) in [6.45, 7) is 0.538. The molecule has 2 aromatic rings. The molecule has 3 heteroatoms. The van der Waals surface area contributed by atoms with Crippen LogP contribution in [0.5, 0.6) is 5.75 Å². The van der Waals surface area contributed by atoms with E-state index in [1.165, 1.54) is 12.4 Å². The molecule has 0 atom stereocenters. The maximum absolute atomic E-state index is 9.00. The number of nitrogens with zero attached hydrogens (tertiary/aromatic N) is 1. The van der Waals surface area contributed by atoms with Crippen LogP contribution in [0.25, 0.3) is 0 Å². The van der Waals surface area contributed by atoms with Crippen LogP contribution in [-0.4, -0.2) is 5.21 Å². The minimum absolute atomic E-state index is 0.538. The molecule has 15 heavy (non-hydrogen) atoms. The third-order valence-electron chi connectivity index (χ3n) is 2.03. The minimum Gasteiger partial charge on any atom is -0.488 e. The van der Waals surface area contributed by atoms with E-state index in [2.05, 4.69) is 0 Å². The lowest BCUT2D eigenvalue weighted by Crippen LogP contribution is -2.27. The average Bonchev–Trinajstić information content (AvgIpc) is 2.30. The molecule has 0 saturated carbocycles. The fourth-order valence-electron chi connectivity index (χ4n) is 1.24. The number of pyridine rings is 1. The fraction of sp³-hybridized carbons (Fsp3) is 0.0833. The van der Waals surface area contributed by atoms with Crippen LogP contribution in [0.15, 0.2) is 54.9 Å². The molecule has 0 aliphatic carbocycles. The Morgan fingerprint density at radius 3 is 2.33 bits per heavy atom. The molecule has 1 N–H and O–H groups in total. The lowest BCUT2D eigenvalue weighted by molar-refractivity contribution is -0.904. The highest BCUT2D eigenvalue weighted by atomic mass is 16.5. The monoisotopic (exact) mass is 202 g/mol. The fourth-order valence-corrected chi connectivity index (χ4v) is 1.24. The van der Waals surface area contributed by atoms with Gasteiger partial charge in [-0.25, -0.2) is 0 Å². The Hall–Kier alpha value is -2.03. The largest absolute Gasteiger partial charge is 0.488 e. The van der Waals surface area contributed by atoms with E-state index in [4.69, 9.17) is 9.94 Å². The van der Waals surface area contributed by atoms with Crippen molar-refractivity contribution in [1.82, 2.24) is 0 Å². The predicted octanol–water partition coefficient (Wildman–Crippen LogP) is 1.79. The van der Waals surface area contributed by atoms with Crippen molar-refractivity contribution >= 4 is 0 Å². The molecule has 0 saturated heterocycles. The van der Waals surface area contributed by atoms with Gasteiger partial charge in [0.15, 0.2) is 0 Å². The summed E-state index contributed by atoms with van der Waals surface area (Å²) in [5, 5.41) is 9.00. The molecule has 0 amide bonds. The highest BCUT2D eigenvalue weighted by Crippen LogP contribution is 2.09. The van der Waals surface area contributed by atoms with Crippen molar-refractivity contribution in [3.05, 3.63) is 60.4 Å². The number of benzene rings is 1. The standard InChI is InChI=1S/C12H12NO2/c14-13-8-6-12(7-9-13)15-10-11-4-2-1-3-5-11/h1-9,14H,10H2/q+1. The van der Waals surface area contributed by atoms with E-state index < -0.39 is 0 Å². The SMILES string of the molecule is O[n+]1ccc(OCc2ccccc2)cc1. The zero-order valence-corrected chi connectivity index (χ0v) is 8.21. The Labute approximate surface area is 88.1 Å². The predicted molar refractivity (Wildman–Crippen MR) is 54.6 cm³/mol. The number of hydrogen-bond acceptors (Lipinski definition) is 2. The highest BCUT2D eigenvalue weighted by molar-refractivity contribution is 5.18. The van der Waals surface area contributed by atoms with Crippen LogP contribution in [0, 0.1) is 0 Å². The summed E-state index contributed by atoms with van der Waals surface area (Å²) in [5.41, 5.74) is 1.12. The highest BCUT2D eigenvalue weighted by Gasteiger charge is 1.98. The Kier molecular flexibility index (Phi) is 2.83. The number of ether oxygens (including phenoxy) is 1. The number of aromatic nitrogens is 1. The van der Waals surface area contributed by atoms with Crippen molar-refractivity contribution in [3.8, 4) is 5.75 Å². The van der Waals surface area contributed by atoms with Crippen LogP contribution in [-0.2, 0) is 6.61 Å². The first-order valence-corrected chi connectivity index (χ1v) is 4.72. The van der Waals surface area contributed by atoms with Gasteiger partial charge in [0.05, 0.1) is 0 Å². The lowest BCUT2D eigenvalue weighted by Gasteiger charge is -2.04. The van der Waals surface area contributed by atoms with Crippen molar-refractivity contribution in [1.29, 1.82) is 0 Å². The molecule has 76 valence electrons. The summed E-state index contributed by atoms with van der Waals surface area (Å²) in [4.78, 5) is 0. The molecule has 1 aromatic carbocycles. The van der Waals surface area contributed by atoms with E-state index >= 15 is 0 Å². The third kappa shape index (κ3) is 2.71. The molecule has 1 heterocycles. The van der Waals surface area contributed by atoms with Gasteiger partial charge in [-0.3, -0.25) is 5.21 Å². The van der Waals surface area contributed by atoms with Gasteiger partial charge in [-0.05, 0) is 5.56 Å². The summed E-state index contributed by atoms with van der Waals surface area (Å²) >= 11 is 0. The smallest absolute Gasteiger partial charge is 0.225 e. The molecule has 1 aromatic heterocycles. The number of rotatable bonds is 3. The van der Waals surface area contributed by atoms with Gasteiger partial charge in [0, 0.05) is 16.9 Å². The maximum Gasteiger partial charge on any atom is 0.225 e. The van der Waals surface area contributed by atoms with Crippen molar-refractivity contribution in [2.45, 2.75) is 6.61 Å². The van der Waals surface area contributed by atoms with E-state index in [0.717, 1.165) is 16.0 Å². The molecular weight excluding hydrogens is 190 g/mol. The van der Waals surface area contributed by atoms with E-state index in [1.807, 2.05) is 30.3 Å². The van der Waals surface area contributed by atoms with Crippen LogP contribution >= 0.6 is 0 Å². The van der Waals surface area contributed by atoms with Gasteiger partial charge in [-0.15, -0.1) is 0 Å². The summed E-state index contributed by atoms with van der Waals surface area (Å²) in [6, 6.07) is 13.4. The summed E-state index contributed by atoms with van der Waals surface area (Å²) in [6.07, 6.45) is 3.06. The van der Waals surface area contributed by atoms with Gasteiger partial charge >= 0.3 is 0 Å². The first-order valence-electron chi connectivity index (χ1n) is 4.72. The lowest BCUT2D eigenvalue weighted by atomic mass is 10.2. The van der Waals surface area contributed by atoms with Crippen LogP contribution in [0.3, 0.4) is 0 Å². The number of hydrogen-bond donors (Lipinski definition) is 1. The van der Waals surface area contributed by atoms with Gasteiger partial charge in [0.1, 0.15) is 12.4 Å². The quantitative estimate of drug-likeness (QED) is 0.608. The van der Waals surface area contributed by atoms with Gasteiger partial charge in [0.25, 0.3) is 0 Å². The zero-order chi connectivity index (χ0) is 10.5. The molecule has 2 rings (SSSR count). The maximum atomic E-state index is 9.00. The average molecular weight is 202 g/mol. The first-order chi connectivity index (χ1) is 7.34. The van der Waals surface area contributed by atoms with Gasteiger partial charge in [0.2, 0.25) is 12.4 Å². The normalized spacial score (nSPS) is 9.87. The Morgan fingerprint density at radius 2 is 1.67 bits per heavy atom. The molecule has 0 spiro atoms. The topological polar surface area (TPSA) is 33.3 Å². The summed E-state index contributed by atoms with van der Waals surface area (Å²) in [7, 11) is 0. The Morgan fingerprint density at radius 1 is 1.00 bits per heavy atom. The Bertz CT molecular complexity index is 411. The van der Waals surface area contributed by atoms with Crippen LogP contribution in [0.4, 0.5) is 0 Å². The second kappa shape index (κ2) is 4.46. The van der Waals surface area contributed by atoms with Crippen molar-refractivity contribution in [3.63, 3.8) is 0 Å². The van der Waals surface area contributed by atoms with Crippen LogP contribution in [0.1, 0.15) is 5.56 Å². The van der Waals surface area contributed by atoms with Crippen molar-refractivity contribution in [2.75, 3.05) is 0 Å². The molecule has 0 fully saturated rings. The van der Waals surface area contributed by atoms with Gasteiger partial charge in [-0.1, -0.05) is 30.3 Å². The van der Waals surface area contributed by atoms with Crippen LogP contribution < -0.4 is 9.47 Å². The second-order valence-corrected chi connectivity index (χ2v) is 3.19. The van der Waals surface area contributed by atoms with E-state index in [1.54, 1.807) is 12.1 Å². The van der Waals surface area contributed by atoms with Crippen molar-refractivity contribution in [2.24, 2.45) is 0 Å². The second-order valence-electron chi connectivity index (χ2n) is 3.19. The molecule has 0 aliphatic heterocycles. The summed E-state index contributed by atoms with van der Waals surface area (Å²) < 4.78 is 6.50. The van der Waals surface area contributed by atoms with E-state index in [-0.39, 0.29) is 0 Å². The molecule has 0 radical (unpaired) electrons. The van der Waals surface area contributed by atoms with Gasteiger partial charge < -0.3 is 4.74 Å². The van der Waals surface area contributed by atoms with E-state index in [9.17, 15) is 0 Å². The Balaban J connectivity index is 1.96. The molecule has 0 bridgehead atoms. The third-order valence-corrected chi connectivity index (χ3v) is 2.03. The van der Waals surface area contributed by atoms with Crippen LogP contribution in [0.2, 0.25) is 0 Å².